The molecule has 0 aromatic carbocycles. The largest absolute Gasteiger partial charge is 0.423 e. The first-order chi connectivity index (χ1) is 6.24. The third kappa shape index (κ3) is 0.981. The quantitative estimate of drug-likeness (QED) is 0.561. The van der Waals surface area contributed by atoms with Crippen molar-refractivity contribution in [2.24, 2.45) is 11.8 Å². The summed E-state index contributed by atoms with van der Waals surface area (Å²) in [5, 5.41) is 1.12. The lowest BCUT2D eigenvalue weighted by molar-refractivity contribution is 0.468. The molecular weight excluding hydrogens is 164 g/mol. The summed E-state index contributed by atoms with van der Waals surface area (Å²) in [5.41, 5.74) is 1.58. The Kier molecular flexibility index (Phi) is 1.17. The molecule has 0 aliphatic heterocycles. The van der Waals surface area contributed by atoms with Gasteiger partial charge >= 0.3 is 5.63 Å². The second-order valence-corrected chi connectivity index (χ2v) is 3.92. The van der Waals surface area contributed by atoms with Crippen LogP contribution in [-0.2, 0) is 0 Å². The molecule has 0 amide bonds. The molecule has 2 aliphatic rings. The first-order valence-electron chi connectivity index (χ1n) is 4.58. The Morgan fingerprint density at radius 2 is 2.15 bits per heavy atom. The maximum atomic E-state index is 11.1. The zero-order valence-corrected chi connectivity index (χ0v) is 7.41. The van der Waals surface area contributed by atoms with Gasteiger partial charge in [-0.05, 0) is 36.8 Å². The van der Waals surface area contributed by atoms with Gasteiger partial charge in [0.05, 0.1) is 0 Å². The molecule has 0 radical (unpaired) electrons. The molecule has 2 heteroatoms. The van der Waals surface area contributed by atoms with Crippen molar-refractivity contribution in [2.45, 2.75) is 13.3 Å². The fourth-order valence-corrected chi connectivity index (χ4v) is 2.01. The van der Waals surface area contributed by atoms with Crippen LogP contribution < -0.4 is 16.3 Å². The van der Waals surface area contributed by atoms with Crippen LogP contribution in [0.1, 0.15) is 12.0 Å². The lowest BCUT2D eigenvalue weighted by Gasteiger charge is -1.99. The highest BCUT2D eigenvalue weighted by Crippen LogP contribution is 2.41. The van der Waals surface area contributed by atoms with Crippen LogP contribution in [0.25, 0.3) is 12.2 Å². The first kappa shape index (κ1) is 7.13. The van der Waals surface area contributed by atoms with Crippen molar-refractivity contribution in [3.8, 4) is 0 Å². The van der Waals surface area contributed by atoms with E-state index in [-0.39, 0.29) is 5.63 Å². The molecule has 0 N–H and O–H groups in total. The van der Waals surface area contributed by atoms with Crippen molar-refractivity contribution >= 4 is 12.2 Å². The zero-order valence-electron chi connectivity index (χ0n) is 7.41. The van der Waals surface area contributed by atoms with Gasteiger partial charge < -0.3 is 4.42 Å². The summed E-state index contributed by atoms with van der Waals surface area (Å²) >= 11 is 0. The lowest BCUT2D eigenvalue weighted by atomic mass is 10.1. The average Bonchev–Trinajstić information content (AvgIpc) is 2.78. The summed E-state index contributed by atoms with van der Waals surface area (Å²) in [6.45, 7) is 1.96. The van der Waals surface area contributed by atoms with E-state index >= 15 is 0 Å². The van der Waals surface area contributed by atoms with Gasteiger partial charge in [0, 0.05) is 11.3 Å². The summed E-state index contributed by atoms with van der Waals surface area (Å²) in [5.74, 6) is 1.34. The fraction of sp³-hybridized carbons (Fsp3) is 0.364. The molecule has 1 aromatic heterocycles. The van der Waals surface area contributed by atoms with E-state index in [2.05, 4.69) is 12.2 Å². The molecule has 0 saturated heterocycles. The van der Waals surface area contributed by atoms with E-state index in [1.54, 1.807) is 6.07 Å². The van der Waals surface area contributed by atoms with Crippen LogP contribution in [0, 0.1) is 18.8 Å². The normalized spacial score (nSPS) is 28.1. The second-order valence-electron chi connectivity index (χ2n) is 3.92. The van der Waals surface area contributed by atoms with E-state index in [0.717, 1.165) is 16.2 Å². The van der Waals surface area contributed by atoms with Gasteiger partial charge in [0.2, 0.25) is 0 Å². The number of aryl methyl sites for hydroxylation is 1. The van der Waals surface area contributed by atoms with Crippen molar-refractivity contribution in [3.63, 3.8) is 0 Å². The van der Waals surface area contributed by atoms with Crippen LogP contribution in [0.15, 0.2) is 15.3 Å². The summed E-state index contributed by atoms with van der Waals surface area (Å²) in [6, 6.07) is 1.56. The van der Waals surface area contributed by atoms with Crippen LogP contribution in [0.4, 0.5) is 0 Å². The molecule has 2 atom stereocenters. The molecule has 1 aromatic rings. The molecule has 1 saturated carbocycles. The first-order valence-corrected chi connectivity index (χ1v) is 4.58. The van der Waals surface area contributed by atoms with Gasteiger partial charge in [0.1, 0.15) is 5.42 Å². The number of fused-ring (bicyclic) bond motifs is 2. The zero-order chi connectivity index (χ0) is 9.00. The van der Waals surface area contributed by atoms with Crippen molar-refractivity contribution < 1.29 is 4.42 Å². The Morgan fingerprint density at radius 3 is 3.00 bits per heavy atom. The molecule has 1 heterocycles. The van der Waals surface area contributed by atoms with E-state index in [1.165, 1.54) is 6.42 Å². The Morgan fingerprint density at radius 1 is 1.38 bits per heavy atom. The third-order valence-corrected chi connectivity index (χ3v) is 2.87. The predicted molar refractivity (Wildman–Crippen MR) is 49.5 cm³/mol. The molecule has 66 valence electrons. The summed E-state index contributed by atoms with van der Waals surface area (Å²) in [4.78, 5) is 11.1. The Hall–Kier alpha value is -1.31. The molecule has 13 heavy (non-hydrogen) atoms. The Bertz CT molecular complexity index is 536. The fourth-order valence-electron chi connectivity index (χ4n) is 2.01. The molecule has 1 fully saturated rings. The van der Waals surface area contributed by atoms with Gasteiger partial charge in [-0.15, -0.1) is 0 Å². The summed E-state index contributed by atoms with van der Waals surface area (Å²) in [7, 11) is 0. The van der Waals surface area contributed by atoms with Crippen LogP contribution in [0.3, 0.4) is 0 Å². The highest BCUT2D eigenvalue weighted by atomic mass is 16.4. The van der Waals surface area contributed by atoms with Crippen LogP contribution in [0.2, 0.25) is 0 Å². The van der Waals surface area contributed by atoms with Gasteiger partial charge in [-0.2, -0.15) is 0 Å². The van der Waals surface area contributed by atoms with Crippen molar-refractivity contribution in [2.75, 3.05) is 0 Å². The van der Waals surface area contributed by atoms with Crippen molar-refractivity contribution in [1.82, 2.24) is 0 Å². The lowest BCUT2D eigenvalue weighted by Crippen LogP contribution is -2.33. The smallest absolute Gasteiger partial charge is 0.336 e. The van der Waals surface area contributed by atoms with E-state index in [0.29, 0.717) is 11.8 Å². The highest BCUT2D eigenvalue weighted by Gasteiger charge is 2.35. The molecule has 3 rings (SSSR count). The predicted octanol–water partition coefficient (Wildman–Crippen LogP) is 0.159. The maximum absolute atomic E-state index is 11.1. The van der Waals surface area contributed by atoms with Crippen LogP contribution in [-0.4, -0.2) is 0 Å². The molecule has 2 aliphatic carbocycles. The number of rotatable bonds is 0. The summed E-state index contributed by atoms with van der Waals surface area (Å²) in [6.07, 6.45) is 5.55. The standard InChI is InChI=1S/C11H10O2/c1-6-2-11(12)13-10-5-8-3-7(8)4-9(6)10/h2,4-5,7-8H,3H2,1H3. The minimum absolute atomic E-state index is 0.236. The SMILES string of the molecule is Cc1cc(=O)oc2c1=CC1CC1C=2. The third-order valence-electron chi connectivity index (χ3n) is 2.87. The van der Waals surface area contributed by atoms with Crippen LogP contribution >= 0.6 is 0 Å². The van der Waals surface area contributed by atoms with E-state index < -0.39 is 0 Å². The topological polar surface area (TPSA) is 30.2 Å². The van der Waals surface area contributed by atoms with Gasteiger partial charge in [0.25, 0.3) is 0 Å². The Balaban J connectivity index is 2.48. The van der Waals surface area contributed by atoms with E-state index in [9.17, 15) is 4.79 Å². The molecule has 2 nitrogen and oxygen atoms in total. The summed E-state index contributed by atoms with van der Waals surface area (Å²) < 4.78 is 5.14. The monoisotopic (exact) mass is 174 g/mol. The van der Waals surface area contributed by atoms with E-state index in [1.807, 2.05) is 6.92 Å². The van der Waals surface area contributed by atoms with Crippen LogP contribution in [0.5, 0.6) is 0 Å². The minimum atomic E-state index is -0.236. The van der Waals surface area contributed by atoms with Crippen molar-refractivity contribution in [3.05, 3.63) is 32.7 Å². The molecule has 0 spiro atoms. The van der Waals surface area contributed by atoms with Gasteiger partial charge in [0.15, 0.2) is 0 Å². The molecular formula is C11H10O2. The number of hydrogen-bond donors (Lipinski definition) is 0. The second kappa shape index (κ2) is 2.13. The van der Waals surface area contributed by atoms with Crippen molar-refractivity contribution in [1.29, 1.82) is 0 Å². The maximum Gasteiger partial charge on any atom is 0.336 e. The Labute approximate surface area is 75.2 Å². The van der Waals surface area contributed by atoms with Gasteiger partial charge in [-0.3, -0.25) is 0 Å². The average molecular weight is 174 g/mol. The molecule has 0 bridgehead atoms. The molecule has 2 unspecified atom stereocenters. The highest BCUT2D eigenvalue weighted by molar-refractivity contribution is 5.48. The van der Waals surface area contributed by atoms with E-state index in [4.69, 9.17) is 4.42 Å². The van der Waals surface area contributed by atoms with Gasteiger partial charge in [-0.1, -0.05) is 6.08 Å². The van der Waals surface area contributed by atoms with Gasteiger partial charge in [-0.25, -0.2) is 4.79 Å². The minimum Gasteiger partial charge on any atom is -0.423 e. The number of hydrogen-bond acceptors (Lipinski definition) is 2.